The highest BCUT2D eigenvalue weighted by Crippen LogP contribution is 2.36. The standard InChI is InChI=1S/C19H25ClF3N3O2/c20-13-5-6-17(16(9-13)19(21,22)23)24-18(28)11-26-8-1-3-14(26)10-25-7-2-4-15(25)12-27/h5-6,9,14-15,27H,1-4,7-8,10-12H2,(H,24,28)/t14-,15-/m1/s1. The molecule has 3 rings (SSSR count). The van der Waals surface area contributed by atoms with Crippen molar-refractivity contribution >= 4 is 23.2 Å². The monoisotopic (exact) mass is 419 g/mol. The van der Waals surface area contributed by atoms with Gasteiger partial charge in [-0.3, -0.25) is 14.6 Å². The van der Waals surface area contributed by atoms with Gasteiger partial charge in [0.05, 0.1) is 24.4 Å². The van der Waals surface area contributed by atoms with E-state index in [0.717, 1.165) is 51.4 Å². The van der Waals surface area contributed by atoms with Crippen molar-refractivity contribution in [1.29, 1.82) is 0 Å². The summed E-state index contributed by atoms with van der Waals surface area (Å²) in [4.78, 5) is 16.7. The predicted molar refractivity (Wildman–Crippen MR) is 101 cm³/mol. The Bertz CT molecular complexity index is 701. The lowest BCUT2D eigenvalue weighted by Gasteiger charge is -2.31. The topological polar surface area (TPSA) is 55.8 Å². The Morgan fingerprint density at radius 3 is 2.54 bits per heavy atom. The summed E-state index contributed by atoms with van der Waals surface area (Å²) in [5.74, 6) is -0.472. The second-order valence-electron chi connectivity index (χ2n) is 7.48. The van der Waals surface area contributed by atoms with Crippen LogP contribution in [0.4, 0.5) is 18.9 Å². The van der Waals surface area contributed by atoms with Crippen LogP contribution in [0, 0.1) is 0 Å². The number of rotatable bonds is 6. The van der Waals surface area contributed by atoms with E-state index in [0.29, 0.717) is 0 Å². The van der Waals surface area contributed by atoms with Gasteiger partial charge in [-0.2, -0.15) is 13.2 Å². The van der Waals surface area contributed by atoms with Gasteiger partial charge in [0, 0.05) is 23.7 Å². The van der Waals surface area contributed by atoms with Crippen LogP contribution in [0.3, 0.4) is 0 Å². The summed E-state index contributed by atoms with van der Waals surface area (Å²) in [6.45, 7) is 2.61. The van der Waals surface area contributed by atoms with Gasteiger partial charge < -0.3 is 10.4 Å². The lowest BCUT2D eigenvalue weighted by molar-refractivity contribution is -0.137. The van der Waals surface area contributed by atoms with Crippen LogP contribution in [-0.4, -0.2) is 65.7 Å². The van der Waals surface area contributed by atoms with Crippen molar-refractivity contribution in [2.24, 2.45) is 0 Å². The van der Waals surface area contributed by atoms with Crippen LogP contribution in [0.5, 0.6) is 0 Å². The molecule has 1 aromatic rings. The molecule has 2 heterocycles. The molecule has 2 fully saturated rings. The highest BCUT2D eigenvalue weighted by Gasteiger charge is 2.35. The van der Waals surface area contributed by atoms with Crippen molar-refractivity contribution in [3.8, 4) is 0 Å². The maximum absolute atomic E-state index is 13.2. The number of hydrogen-bond donors (Lipinski definition) is 2. The molecule has 0 unspecified atom stereocenters. The minimum absolute atomic E-state index is 0.0334. The number of halogens is 4. The van der Waals surface area contributed by atoms with Crippen LogP contribution in [0.2, 0.25) is 5.02 Å². The molecule has 28 heavy (non-hydrogen) atoms. The SMILES string of the molecule is O=C(CN1CCC[C@@H]1CN1CCC[C@@H]1CO)Nc1ccc(Cl)cc1C(F)(F)F. The van der Waals surface area contributed by atoms with Crippen molar-refractivity contribution in [2.75, 3.05) is 38.1 Å². The van der Waals surface area contributed by atoms with E-state index in [4.69, 9.17) is 11.6 Å². The molecule has 0 aliphatic carbocycles. The quantitative estimate of drug-likeness (QED) is 0.743. The molecule has 2 aliphatic heterocycles. The van der Waals surface area contributed by atoms with Crippen LogP contribution >= 0.6 is 11.6 Å². The zero-order valence-corrected chi connectivity index (χ0v) is 16.3. The number of nitrogens with zero attached hydrogens (tertiary/aromatic N) is 2. The van der Waals surface area contributed by atoms with Gasteiger partial charge in [0.2, 0.25) is 5.91 Å². The number of carbonyl (C=O) groups is 1. The summed E-state index contributed by atoms with van der Waals surface area (Å²) in [7, 11) is 0. The van der Waals surface area contributed by atoms with Crippen LogP contribution in [0.1, 0.15) is 31.2 Å². The normalized spacial score (nSPS) is 24.0. The van der Waals surface area contributed by atoms with Gasteiger partial charge in [0.15, 0.2) is 0 Å². The molecular weight excluding hydrogens is 395 g/mol. The Hall–Kier alpha value is -1.35. The molecule has 5 nitrogen and oxygen atoms in total. The van der Waals surface area contributed by atoms with Crippen LogP contribution in [0.15, 0.2) is 18.2 Å². The van der Waals surface area contributed by atoms with Crippen LogP contribution in [-0.2, 0) is 11.0 Å². The lowest BCUT2D eigenvalue weighted by Crippen LogP contribution is -2.45. The Labute approximate surface area is 167 Å². The summed E-state index contributed by atoms with van der Waals surface area (Å²) in [6, 6.07) is 3.66. The Balaban J connectivity index is 1.61. The molecule has 0 saturated carbocycles. The molecular formula is C19H25ClF3N3O2. The Morgan fingerprint density at radius 1 is 1.18 bits per heavy atom. The summed E-state index contributed by atoms with van der Waals surface area (Å²) in [5, 5.41) is 11.8. The summed E-state index contributed by atoms with van der Waals surface area (Å²) in [6.07, 6.45) is -0.685. The fraction of sp³-hybridized carbons (Fsp3) is 0.632. The minimum atomic E-state index is -4.60. The first-order valence-electron chi connectivity index (χ1n) is 9.53. The summed E-state index contributed by atoms with van der Waals surface area (Å²) < 4.78 is 39.6. The van der Waals surface area contributed by atoms with E-state index in [9.17, 15) is 23.1 Å². The van der Waals surface area contributed by atoms with Crippen molar-refractivity contribution in [1.82, 2.24) is 9.80 Å². The number of benzene rings is 1. The fourth-order valence-electron chi connectivity index (χ4n) is 4.16. The van der Waals surface area contributed by atoms with E-state index in [-0.39, 0.29) is 35.9 Å². The molecule has 2 N–H and O–H groups in total. The van der Waals surface area contributed by atoms with Gasteiger partial charge in [-0.25, -0.2) is 0 Å². The van der Waals surface area contributed by atoms with Crippen molar-refractivity contribution in [3.05, 3.63) is 28.8 Å². The first-order chi connectivity index (χ1) is 13.3. The molecule has 0 aromatic heterocycles. The van der Waals surface area contributed by atoms with Gasteiger partial charge >= 0.3 is 6.18 Å². The molecule has 2 aliphatic rings. The van der Waals surface area contributed by atoms with E-state index < -0.39 is 17.6 Å². The molecule has 2 atom stereocenters. The average molecular weight is 420 g/mol. The largest absolute Gasteiger partial charge is 0.418 e. The number of likely N-dealkylation sites (tertiary alicyclic amines) is 2. The van der Waals surface area contributed by atoms with Crippen LogP contribution in [0.25, 0.3) is 0 Å². The zero-order valence-electron chi connectivity index (χ0n) is 15.5. The van der Waals surface area contributed by atoms with E-state index in [1.54, 1.807) is 0 Å². The summed E-state index contributed by atoms with van der Waals surface area (Å²) >= 11 is 5.68. The maximum atomic E-state index is 13.2. The number of carbonyl (C=O) groups excluding carboxylic acids is 1. The third kappa shape index (κ3) is 5.17. The van der Waals surface area contributed by atoms with Gasteiger partial charge in [0.25, 0.3) is 0 Å². The Kier molecular flexibility index (Phi) is 6.85. The molecule has 0 bridgehead atoms. The smallest absolute Gasteiger partial charge is 0.395 e. The van der Waals surface area contributed by atoms with Gasteiger partial charge in [-0.05, 0) is 57.0 Å². The lowest BCUT2D eigenvalue weighted by atomic mass is 10.1. The Morgan fingerprint density at radius 2 is 1.86 bits per heavy atom. The highest BCUT2D eigenvalue weighted by atomic mass is 35.5. The third-order valence-corrected chi connectivity index (χ3v) is 5.80. The number of aliphatic hydroxyl groups excluding tert-OH is 1. The van der Waals surface area contributed by atoms with E-state index in [2.05, 4.69) is 10.2 Å². The first kappa shape index (κ1) is 21.4. The van der Waals surface area contributed by atoms with E-state index in [1.165, 1.54) is 12.1 Å². The second kappa shape index (κ2) is 8.98. The molecule has 1 aromatic carbocycles. The number of anilines is 1. The highest BCUT2D eigenvalue weighted by molar-refractivity contribution is 6.30. The van der Waals surface area contributed by atoms with Gasteiger partial charge in [-0.1, -0.05) is 11.6 Å². The van der Waals surface area contributed by atoms with Crippen molar-refractivity contribution in [2.45, 2.75) is 43.9 Å². The molecule has 1 amide bonds. The van der Waals surface area contributed by atoms with Gasteiger partial charge in [-0.15, -0.1) is 0 Å². The molecule has 156 valence electrons. The minimum Gasteiger partial charge on any atom is -0.395 e. The number of amides is 1. The zero-order chi connectivity index (χ0) is 20.3. The first-order valence-corrected chi connectivity index (χ1v) is 9.91. The second-order valence-corrected chi connectivity index (χ2v) is 7.91. The summed E-state index contributed by atoms with van der Waals surface area (Å²) in [5.41, 5.74) is -1.23. The number of hydrogen-bond acceptors (Lipinski definition) is 4. The van der Waals surface area contributed by atoms with E-state index in [1.807, 2.05) is 4.90 Å². The molecule has 0 radical (unpaired) electrons. The molecule has 2 saturated heterocycles. The molecule has 0 spiro atoms. The number of aliphatic hydroxyl groups is 1. The fourth-order valence-corrected chi connectivity index (χ4v) is 4.33. The van der Waals surface area contributed by atoms with E-state index >= 15 is 0 Å². The third-order valence-electron chi connectivity index (χ3n) is 5.56. The van der Waals surface area contributed by atoms with Crippen molar-refractivity contribution < 1.29 is 23.1 Å². The number of alkyl halides is 3. The number of nitrogens with one attached hydrogen (secondary N) is 1. The maximum Gasteiger partial charge on any atom is 0.418 e. The van der Waals surface area contributed by atoms with Crippen molar-refractivity contribution in [3.63, 3.8) is 0 Å². The average Bonchev–Trinajstić information content (AvgIpc) is 3.25. The predicted octanol–water partition coefficient (Wildman–Crippen LogP) is 3.22. The van der Waals surface area contributed by atoms with Crippen LogP contribution < -0.4 is 5.32 Å². The molecule has 9 heteroatoms. The van der Waals surface area contributed by atoms with Gasteiger partial charge in [0.1, 0.15) is 0 Å².